The van der Waals surface area contributed by atoms with Gasteiger partial charge in [-0.1, -0.05) is 43.2 Å². The SMILES string of the molecule is C=C(C)CCCCC(=C)C=CCCCC1(S(=O)(=O)NC(=O)C2CC2CC)CC1. The van der Waals surface area contributed by atoms with Crippen molar-refractivity contribution < 1.29 is 13.2 Å². The Hall–Kier alpha value is -1.36. The van der Waals surface area contributed by atoms with Crippen LogP contribution in [0.1, 0.15) is 84.5 Å². The normalized spacial score (nSPS) is 22.8. The third kappa shape index (κ3) is 6.61. The van der Waals surface area contributed by atoms with Crippen molar-refractivity contribution in [2.75, 3.05) is 0 Å². The molecule has 0 heterocycles. The average Bonchev–Trinajstić information content (AvgIpc) is 3.52. The van der Waals surface area contributed by atoms with Crippen LogP contribution in [0.3, 0.4) is 0 Å². The molecule has 0 radical (unpaired) electrons. The Balaban J connectivity index is 1.67. The summed E-state index contributed by atoms with van der Waals surface area (Å²) in [6, 6.07) is 0. The van der Waals surface area contributed by atoms with E-state index in [4.69, 9.17) is 0 Å². The Morgan fingerprint density at radius 3 is 2.43 bits per heavy atom. The molecule has 1 amide bonds. The van der Waals surface area contributed by atoms with Gasteiger partial charge in [0.2, 0.25) is 15.9 Å². The summed E-state index contributed by atoms with van der Waals surface area (Å²) in [4.78, 5) is 12.1. The van der Waals surface area contributed by atoms with Gasteiger partial charge in [0.1, 0.15) is 0 Å². The van der Waals surface area contributed by atoms with E-state index in [0.29, 0.717) is 25.2 Å². The molecule has 2 fully saturated rings. The Morgan fingerprint density at radius 2 is 1.86 bits per heavy atom. The molecule has 0 saturated heterocycles. The van der Waals surface area contributed by atoms with Gasteiger partial charge in [0.05, 0.1) is 4.75 Å². The first-order chi connectivity index (χ1) is 13.2. The molecule has 158 valence electrons. The van der Waals surface area contributed by atoms with Gasteiger partial charge in [0.25, 0.3) is 0 Å². The van der Waals surface area contributed by atoms with Crippen LogP contribution in [0, 0.1) is 11.8 Å². The minimum atomic E-state index is -3.56. The Morgan fingerprint density at radius 1 is 1.18 bits per heavy atom. The minimum Gasteiger partial charge on any atom is -0.274 e. The third-order valence-corrected chi connectivity index (χ3v) is 8.33. The zero-order valence-electron chi connectivity index (χ0n) is 17.6. The number of nitrogens with one attached hydrogen (secondary N) is 1. The fraction of sp³-hybridized carbons (Fsp3) is 0.696. The molecule has 2 rings (SSSR count). The average molecular weight is 408 g/mol. The van der Waals surface area contributed by atoms with Crippen molar-refractivity contribution in [3.63, 3.8) is 0 Å². The third-order valence-electron chi connectivity index (χ3n) is 6.10. The molecule has 2 unspecified atom stereocenters. The number of hydrogen-bond donors (Lipinski definition) is 1. The summed E-state index contributed by atoms with van der Waals surface area (Å²) >= 11 is 0. The fourth-order valence-corrected chi connectivity index (χ4v) is 5.47. The molecule has 0 aromatic rings. The Kier molecular flexibility index (Phi) is 8.11. The summed E-state index contributed by atoms with van der Waals surface area (Å²) < 4.78 is 27.0. The van der Waals surface area contributed by atoms with E-state index < -0.39 is 14.8 Å². The molecule has 2 aliphatic carbocycles. The highest BCUT2D eigenvalue weighted by Gasteiger charge is 2.55. The van der Waals surface area contributed by atoms with Crippen LogP contribution in [0.15, 0.2) is 36.5 Å². The van der Waals surface area contributed by atoms with E-state index in [1.165, 1.54) is 5.57 Å². The van der Waals surface area contributed by atoms with Gasteiger partial charge in [-0.3, -0.25) is 9.52 Å². The Bertz CT molecular complexity index is 716. The largest absolute Gasteiger partial charge is 0.274 e. The monoisotopic (exact) mass is 407 g/mol. The van der Waals surface area contributed by atoms with Gasteiger partial charge in [-0.25, -0.2) is 8.42 Å². The molecule has 5 heteroatoms. The molecular weight excluding hydrogens is 370 g/mol. The summed E-state index contributed by atoms with van der Waals surface area (Å²) in [6.07, 6.45) is 13.9. The molecule has 0 spiro atoms. The summed E-state index contributed by atoms with van der Waals surface area (Å²) in [5.74, 6) is -0.0229. The number of rotatable bonds is 14. The van der Waals surface area contributed by atoms with Crippen LogP contribution in [-0.2, 0) is 14.8 Å². The van der Waals surface area contributed by atoms with Crippen LogP contribution < -0.4 is 4.72 Å². The standard InChI is InChI=1S/C23H37NO3S/c1-5-20-17-21(20)22(25)24-28(26,27)23(15-16-23)14-10-6-7-12-19(4)13-9-8-11-18(2)3/h7,12,20-21H,2,4-6,8-11,13-17H2,1,3H3,(H,24,25). The first kappa shape index (κ1) is 22.9. The van der Waals surface area contributed by atoms with Crippen LogP contribution in [-0.4, -0.2) is 19.1 Å². The van der Waals surface area contributed by atoms with Gasteiger partial charge in [-0.15, -0.1) is 6.58 Å². The van der Waals surface area contributed by atoms with Crippen molar-refractivity contribution in [3.05, 3.63) is 36.5 Å². The molecule has 4 nitrogen and oxygen atoms in total. The quantitative estimate of drug-likeness (QED) is 0.237. The highest BCUT2D eigenvalue weighted by atomic mass is 32.2. The van der Waals surface area contributed by atoms with Crippen molar-refractivity contribution >= 4 is 15.9 Å². The summed E-state index contributed by atoms with van der Waals surface area (Å²) in [7, 11) is -3.56. The maximum atomic E-state index is 12.6. The second kappa shape index (κ2) is 9.91. The van der Waals surface area contributed by atoms with Gasteiger partial charge in [-0.05, 0) is 77.0 Å². The van der Waals surface area contributed by atoms with Gasteiger partial charge >= 0.3 is 0 Å². The van der Waals surface area contributed by atoms with Crippen molar-refractivity contribution in [1.82, 2.24) is 4.72 Å². The maximum Gasteiger partial charge on any atom is 0.240 e. The lowest BCUT2D eigenvalue weighted by atomic mass is 10.1. The zero-order chi connectivity index (χ0) is 20.8. The molecular formula is C23H37NO3S. The number of carbonyl (C=O) groups is 1. The molecule has 28 heavy (non-hydrogen) atoms. The van der Waals surface area contributed by atoms with Gasteiger partial charge in [0.15, 0.2) is 0 Å². The van der Waals surface area contributed by atoms with Gasteiger partial charge < -0.3 is 0 Å². The van der Waals surface area contributed by atoms with Gasteiger partial charge in [-0.2, -0.15) is 0 Å². The molecule has 0 aromatic heterocycles. The zero-order valence-corrected chi connectivity index (χ0v) is 18.5. The number of sulfonamides is 1. The second-order valence-corrected chi connectivity index (χ2v) is 10.9. The molecule has 1 N–H and O–H groups in total. The van der Waals surface area contributed by atoms with E-state index in [1.807, 2.05) is 6.92 Å². The lowest BCUT2D eigenvalue weighted by Gasteiger charge is -2.16. The fourth-order valence-electron chi connectivity index (χ4n) is 3.78. The van der Waals surface area contributed by atoms with E-state index in [2.05, 4.69) is 37.0 Å². The first-order valence-corrected chi connectivity index (χ1v) is 12.2. The molecule has 0 aromatic carbocycles. The number of hydrogen-bond acceptors (Lipinski definition) is 3. The smallest absolute Gasteiger partial charge is 0.240 e. The van der Waals surface area contributed by atoms with Crippen molar-refractivity contribution in [2.24, 2.45) is 11.8 Å². The Labute approximate surface area is 171 Å². The maximum absolute atomic E-state index is 12.6. The molecule has 2 atom stereocenters. The number of carbonyl (C=O) groups excluding carboxylic acids is 1. The summed E-state index contributed by atoms with van der Waals surface area (Å²) in [6.45, 7) is 12.1. The number of allylic oxidation sites excluding steroid dienone is 4. The molecule has 2 saturated carbocycles. The van der Waals surface area contributed by atoms with Crippen LogP contribution in [0.25, 0.3) is 0 Å². The highest BCUT2D eigenvalue weighted by Crippen LogP contribution is 2.48. The van der Waals surface area contributed by atoms with Crippen molar-refractivity contribution in [3.8, 4) is 0 Å². The second-order valence-electron chi connectivity index (χ2n) is 8.78. The minimum absolute atomic E-state index is 0.0973. The van der Waals surface area contributed by atoms with Crippen LogP contribution in [0.4, 0.5) is 0 Å². The molecule has 0 bridgehead atoms. The lowest BCUT2D eigenvalue weighted by molar-refractivity contribution is -0.120. The predicted octanol–water partition coefficient (Wildman–Crippen LogP) is 5.43. The van der Waals surface area contributed by atoms with E-state index >= 15 is 0 Å². The molecule has 2 aliphatic rings. The van der Waals surface area contributed by atoms with Crippen LogP contribution >= 0.6 is 0 Å². The predicted molar refractivity (Wildman–Crippen MR) is 116 cm³/mol. The number of unbranched alkanes of at least 4 members (excludes halogenated alkanes) is 2. The topological polar surface area (TPSA) is 63.2 Å². The summed E-state index contributed by atoms with van der Waals surface area (Å²) in [5, 5.41) is 0. The lowest BCUT2D eigenvalue weighted by Crippen LogP contribution is -2.40. The van der Waals surface area contributed by atoms with Crippen LogP contribution in [0.2, 0.25) is 0 Å². The van der Waals surface area contributed by atoms with Crippen molar-refractivity contribution in [1.29, 1.82) is 0 Å². The van der Waals surface area contributed by atoms with Crippen molar-refractivity contribution in [2.45, 2.75) is 89.2 Å². The molecule has 0 aliphatic heterocycles. The van der Waals surface area contributed by atoms with E-state index in [9.17, 15) is 13.2 Å². The first-order valence-electron chi connectivity index (χ1n) is 10.8. The van der Waals surface area contributed by atoms with E-state index in [1.54, 1.807) is 0 Å². The highest BCUT2D eigenvalue weighted by molar-refractivity contribution is 7.91. The van der Waals surface area contributed by atoms with E-state index in [-0.39, 0.29) is 11.8 Å². The van der Waals surface area contributed by atoms with Gasteiger partial charge in [0, 0.05) is 5.92 Å². The van der Waals surface area contributed by atoms with E-state index in [0.717, 1.165) is 56.9 Å². The number of amides is 1. The summed E-state index contributed by atoms with van der Waals surface area (Å²) in [5.41, 5.74) is 2.35. The van der Waals surface area contributed by atoms with Crippen LogP contribution in [0.5, 0.6) is 0 Å².